The van der Waals surface area contributed by atoms with E-state index in [1.807, 2.05) is 28.0 Å². The Morgan fingerprint density at radius 3 is 2.67 bits per heavy atom. The first-order chi connectivity index (χ1) is 13.2. The van der Waals surface area contributed by atoms with E-state index in [0.29, 0.717) is 31.7 Å². The third-order valence-corrected chi connectivity index (χ3v) is 5.68. The summed E-state index contributed by atoms with van der Waals surface area (Å²) in [4.78, 5) is 28.7. The van der Waals surface area contributed by atoms with Gasteiger partial charge in [-0.25, -0.2) is 0 Å². The third-order valence-electron chi connectivity index (χ3n) is 5.68. The number of nitrogens with one attached hydrogen (secondary N) is 1. The summed E-state index contributed by atoms with van der Waals surface area (Å²) >= 11 is 0. The minimum atomic E-state index is -0.00526. The lowest BCUT2D eigenvalue weighted by Gasteiger charge is -2.38. The van der Waals surface area contributed by atoms with Crippen LogP contribution in [-0.2, 0) is 4.79 Å². The number of likely N-dealkylation sites (tertiary alicyclic amines) is 2. The first-order valence-electron chi connectivity index (χ1n) is 9.43. The fraction of sp³-hybridized carbons (Fsp3) is 0.381. The maximum absolute atomic E-state index is 12.5. The van der Waals surface area contributed by atoms with Gasteiger partial charge in [-0.05, 0) is 24.5 Å². The van der Waals surface area contributed by atoms with Crippen LogP contribution in [0.15, 0.2) is 48.7 Å². The second-order valence-electron chi connectivity index (χ2n) is 7.53. The van der Waals surface area contributed by atoms with Crippen molar-refractivity contribution in [1.29, 1.82) is 0 Å². The van der Waals surface area contributed by atoms with Crippen LogP contribution in [0.4, 0.5) is 0 Å². The quantitative estimate of drug-likeness (QED) is 0.907. The highest BCUT2D eigenvalue weighted by Gasteiger charge is 2.45. The second kappa shape index (κ2) is 7.39. The number of aromatic nitrogens is 2. The molecule has 2 amide bonds. The third kappa shape index (κ3) is 3.79. The molecule has 2 aliphatic rings. The second-order valence-corrected chi connectivity index (χ2v) is 7.53. The molecule has 2 aliphatic heterocycles. The van der Waals surface area contributed by atoms with Gasteiger partial charge in [0.25, 0.3) is 5.91 Å². The Hall–Kier alpha value is -2.89. The standard InChI is InChI=1S/C21H24N4O2/c26-19-15-21(16-25(19)12-4-7-17-5-2-1-3-6-17)9-13-24(14-10-21)20(27)18-8-11-22-23-18/h1-8,11H,9-10,12-16H2,(H,22,23)/b7-4+. The summed E-state index contributed by atoms with van der Waals surface area (Å²) in [6.45, 7) is 2.82. The minimum absolute atomic E-state index is 0.00526. The molecule has 0 bridgehead atoms. The summed E-state index contributed by atoms with van der Waals surface area (Å²) < 4.78 is 0. The first kappa shape index (κ1) is 17.5. The minimum Gasteiger partial charge on any atom is -0.338 e. The zero-order chi connectivity index (χ0) is 18.7. The predicted molar refractivity (Wildman–Crippen MR) is 103 cm³/mol. The molecule has 0 unspecified atom stereocenters. The molecule has 2 fully saturated rings. The van der Waals surface area contributed by atoms with Gasteiger partial charge in [-0.1, -0.05) is 42.5 Å². The highest BCUT2D eigenvalue weighted by atomic mass is 16.2. The maximum Gasteiger partial charge on any atom is 0.271 e. The number of carbonyl (C=O) groups excluding carboxylic acids is 2. The van der Waals surface area contributed by atoms with E-state index in [9.17, 15) is 9.59 Å². The van der Waals surface area contributed by atoms with E-state index in [-0.39, 0.29) is 17.2 Å². The van der Waals surface area contributed by atoms with Gasteiger partial charge in [0.05, 0.1) is 0 Å². The molecule has 0 saturated carbocycles. The van der Waals surface area contributed by atoms with Crippen molar-refractivity contribution in [1.82, 2.24) is 20.0 Å². The fourth-order valence-electron chi connectivity index (χ4n) is 4.09. The number of H-pyrrole nitrogens is 1. The first-order valence-corrected chi connectivity index (χ1v) is 9.43. The van der Waals surface area contributed by atoms with E-state index in [0.717, 1.165) is 24.9 Å². The highest BCUT2D eigenvalue weighted by molar-refractivity contribution is 5.92. The lowest BCUT2D eigenvalue weighted by Crippen LogP contribution is -2.44. The molecule has 0 aliphatic carbocycles. The van der Waals surface area contributed by atoms with E-state index >= 15 is 0 Å². The number of nitrogens with zero attached hydrogens (tertiary/aromatic N) is 3. The lowest BCUT2D eigenvalue weighted by atomic mass is 9.77. The number of benzene rings is 1. The van der Waals surface area contributed by atoms with Crippen molar-refractivity contribution < 1.29 is 9.59 Å². The van der Waals surface area contributed by atoms with E-state index in [4.69, 9.17) is 0 Å². The van der Waals surface area contributed by atoms with Gasteiger partial charge in [-0.3, -0.25) is 14.7 Å². The van der Waals surface area contributed by atoms with E-state index in [1.54, 1.807) is 12.3 Å². The predicted octanol–water partition coefficient (Wildman–Crippen LogP) is 2.58. The zero-order valence-corrected chi connectivity index (χ0v) is 15.3. The Balaban J connectivity index is 1.32. The summed E-state index contributed by atoms with van der Waals surface area (Å²) in [7, 11) is 0. The Bertz CT molecular complexity index is 821. The molecule has 1 N–H and O–H groups in total. The van der Waals surface area contributed by atoms with Crippen molar-refractivity contribution in [2.24, 2.45) is 5.41 Å². The largest absolute Gasteiger partial charge is 0.338 e. The van der Waals surface area contributed by atoms with Crippen molar-refractivity contribution in [2.45, 2.75) is 19.3 Å². The Labute approximate surface area is 158 Å². The fourth-order valence-corrected chi connectivity index (χ4v) is 4.09. The summed E-state index contributed by atoms with van der Waals surface area (Å²) in [6, 6.07) is 11.8. The Morgan fingerprint density at radius 1 is 1.19 bits per heavy atom. The van der Waals surface area contributed by atoms with Crippen molar-refractivity contribution in [3.63, 3.8) is 0 Å². The molecule has 0 atom stereocenters. The molecule has 3 heterocycles. The Kier molecular flexibility index (Phi) is 4.79. The SMILES string of the molecule is O=C1CC2(CCN(C(=O)c3ccn[nH]3)CC2)CN1C/C=C/c1ccccc1. The number of piperidine rings is 1. The number of aromatic amines is 1. The molecular formula is C21H24N4O2. The molecule has 1 aromatic heterocycles. The summed E-state index contributed by atoms with van der Waals surface area (Å²) in [6.07, 6.45) is 8.05. The summed E-state index contributed by atoms with van der Waals surface area (Å²) in [5.74, 6) is 0.218. The molecule has 2 aromatic rings. The average Bonchev–Trinajstić information content (AvgIpc) is 3.32. The van der Waals surface area contributed by atoms with Crippen molar-refractivity contribution >= 4 is 17.9 Å². The van der Waals surface area contributed by atoms with Crippen LogP contribution < -0.4 is 0 Å². The van der Waals surface area contributed by atoms with Crippen LogP contribution in [0, 0.1) is 5.41 Å². The molecule has 0 radical (unpaired) electrons. The molecular weight excluding hydrogens is 340 g/mol. The molecule has 2 saturated heterocycles. The van der Waals surface area contributed by atoms with Crippen LogP contribution in [0.25, 0.3) is 6.08 Å². The molecule has 4 rings (SSSR count). The van der Waals surface area contributed by atoms with Crippen LogP contribution in [-0.4, -0.2) is 58.0 Å². The summed E-state index contributed by atoms with van der Waals surface area (Å²) in [5.41, 5.74) is 1.69. The topological polar surface area (TPSA) is 69.3 Å². The van der Waals surface area contributed by atoms with E-state index in [1.165, 1.54) is 0 Å². The van der Waals surface area contributed by atoms with Crippen LogP contribution >= 0.6 is 0 Å². The monoisotopic (exact) mass is 364 g/mol. The molecule has 6 nitrogen and oxygen atoms in total. The van der Waals surface area contributed by atoms with Gasteiger partial charge in [0.1, 0.15) is 5.69 Å². The molecule has 1 spiro atoms. The van der Waals surface area contributed by atoms with Gasteiger partial charge >= 0.3 is 0 Å². The van der Waals surface area contributed by atoms with E-state index < -0.39 is 0 Å². The number of hydrogen-bond acceptors (Lipinski definition) is 3. The van der Waals surface area contributed by atoms with Crippen LogP contribution in [0.2, 0.25) is 0 Å². The number of rotatable bonds is 4. The molecule has 27 heavy (non-hydrogen) atoms. The number of carbonyl (C=O) groups is 2. The molecule has 6 heteroatoms. The zero-order valence-electron chi connectivity index (χ0n) is 15.3. The van der Waals surface area contributed by atoms with Gasteiger partial charge in [0.2, 0.25) is 5.91 Å². The number of hydrogen-bond donors (Lipinski definition) is 1. The van der Waals surface area contributed by atoms with Crippen LogP contribution in [0.5, 0.6) is 0 Å². The lowest BCUT2D eigenvalue weighted by molar-refractivity contribution is -0.127. The van der Waals surface area contributed by atoms with Gasteiger partial charge in [-0.2, -0.15) is 5.10 Å². The van der Waals surface area contributed by atoms with Crippen LogP contribution in [0.3, 0.4) is 0 Å². The maximum atomic E-state index is 12.5. The van der Waals surface area contributed by atoms with Gasteiger partial charge in [0.15, 0.2) is 0 Å². The number of amides is 2. The van der Waals surface area contributed by atoms with Crippen molar-refractivity contribution in [3.8, 4) is 0 Å². The smallest absolute Gasteiger partial charge is 0.271 e. The Morgan fingerprint density at radius 2 is 1.96 bits per heavy atom. The van der Waals surface area contributed by atoms with Gasteiger partial charge < -0.3 is 9.80 Å². The normalized spacial score (nSPS) is 19.3. The van der Waals surface area contributed by atoms with E-state index in [2.05, 4.69) is 34.5 Å². The molecule has 140 valence electrons. The summed E-state index contributed by atoms with van der Waals surface area (Å²) in [5, 5.41) is 6.58. The molecule has 1 aromatic carbocycles. The van der Waals surface area contributed by atoms with Crippen molar-refractivity contribution in [3.05, 3.63) is 59.9 Å². The van der Waals surface area contributed by atoms with Crippen molar-refractivity contribution in [2.75, 3.05) is 26.2 Å². The van der Waals surface area contributed by atoms with Gasteiger partial charge in [-0.15, -0.1) is 0 Å². The average molecular weight is 364 g/mol. The van der Waals surface area contributed by atoms with Gasteiger partial charge in [0, 0.05) is 44.2 Å². The highest BCUT2D eigenvalue weighted by Crippen LogP contribution is 2.41. The van der Waals surface area contributed by atoms with Crippen LogP contribution in [0.1, 0.15) is 35.3 Å².